The molecule has 8 N–H and O–H groups in total. The SMILES string of the molecule is OCC1O[C@@H](O[C@@H]2C(CO)O[C@](O)(C(F)(F)F)[C@@H](O)C2O)[C@@H](O)C(O)[C@@H]1O. The minimum Gasteiger partial charge on any atom is -0.394 e. The quantitative estimate of drug-likeness (QED) is 0.223. The first kappa shape index (κ1) is 22.6. The molecule has 0 radical (unpaired) electrons. The standard InChI is InChI=1S/C13H21F3O11/c14-13(15,16)12(24)10(23)8(22)9(4(2-18)27-12)26-11-7(21)6(20)5(19)3(1-17)25-11/h3-11,17-24H,1-2H2/t3?,4?,5-,6?,7+,8?,9-,10+,11+,12+/m1/s1. The molecule has 2 heterocycles. The van der Waals surface area contributed by atoms with Gasteiger partial charge in [0.15, 0.2) is 6.29 Å². The van der Waals surface area contributed by atoms with Crippen LogP contribution in [0.1, 0.15) is 0 Å². The molecule has 0 bridgehead atoms. The van der Waals surface area contributed by atoms with Gasteiger partial charge in [0.05, 0.1) is 13.2 Å². The summed E-state index contributed by atoms with van der Waals surface area (Å²) in [6, 6.07) is 0. The lowest BCUT2D eigenvalue weighted by Crippen LogP contribution is -2.71. The van der Waals surface area contributed by atoms with Crippen LogP contribution < -0.4 is 0 Å². The van der Waals surface area contributed by atoms with E-state index >= 15 is 0 Å². The van der Waals surface area contributed by atoms with Crippen molar-refractivity contribution in [3.05, 3.63) is 0 Å². The van der Waals surface area contributed by atoms with E-state index in [0.29, 0.717) is 0 Å². The van der Waals surface area contributed by atoms with E-state index in [4.69, 9.17) is 14.6 Å². The number of hydrogen-bond donors (Lipinski definition) is 8. The van der Waals surface area contributed by atoms with Gasteiger partial charge in [-0.1, -0.05) is 0 Å². The molecule has 27 heavy (non-hydrogen) atoms. The van der Waals surface area contributed by atoms with E-state index in [9.17, 15) is 48.9 Å². The van der Waals surface area contributed by atoms with E-state index in [1.165, 1.54) is 0 Å². The summed E-state index contributed by atoms with van der Waals surface area (Å²) < 4.78 is 53.3. The molecular weight excluding hydrogens is 389 g/mol. The van der Waals surface area contributed by atoms with Crippen LogP contribution in [0.2, 0.25) is 0 Å². The van der Waals surface area contributed by atoms with Crippen LogP contribution in [-0.2, 0) is 14.2 Å². The molecule has 10 atom stereocenters. The maximum atomic E-state index is 13.0. The Balaban J connectivity index is 2.23. The third-order valence-electron chi connectivity index (χ3n) is 4.48. The van der Waals surface area contributed by atoms with Gasteiger partial charge in [0.25, 0.3) is 5.79 Å². The third kappa shape index (κ3) is 3.92. The van der Waals surface area contributed by atoms with Crippen LogP contribution in [0, 0.1) is 0 Å². The molecule has 2 fully saturated rings. The Morgan fingerprint density at radius 3 is 1.89 bits per heavy atom. The van der Waals surface area contributed by atoms with Crippen molar-refractivity contribution in [1.29, 1.82) is 0 Å². The summed E-state index contributed by atoms with van der Waals surface area (Å²) >= 11 is 0. The lowest BCUT2D eigenvalue weighted by Gasteiger charge is -2.49. The van der Waals surface area contributed by atoms with Gasteiger partial charge in [0, 0.05) is 0 Å². The Morgan fingerprint density at radius 1 is 0.852 bits per heavy atom. The summed E-state index contributed by atoms with van der Waals surface area (Å²) in [5.41, 5.74) is 0. The monoisotopic (exact) mass is 410 g/mol. The molecule has 0 aromatic heterocycles. The molecule has 0 spiro atoms. The number of rotatable bonds is 4. The molecule has 160 valence electrons. The van der Waals surface area contributed by atoms with Crippen molar-refractivity contribution in [2.24, 2.45) is 0 Å². The highest BCUT2D eigenvalue weighted by Gasteiger charge is 2.68. The molecular formula is C13H21F3O11. The van der Waals surface area contributed by atoms with Gasteiger partial charge in [0.1, 0.15) is 48.8 Å². The maximum Gasteiger partial charge on any atom is 0.446 e. The van der Waals surface area contributed by atoms with Gasteiger partial charge < -0.3 is 55.1 Å². The topological polar surface area (TPSA) is 190 Å². The Morgan fingerprint density at radius 2 is 1.41 bits per heavy atom. The molecule has 11 nitrogen and oxygen atoms in total. The van der Waals surface area contributed by atoms with Crippen molar-refractivity contribution in [1.82, 2.24) is 0 Å². The minimum atomic E-state index is -5.53. The highest BCUT2D eigenvalue weighted by atomic mass is 19.4. The van der Waals surface area contributed by atoms with E-state index in [2.05, 4.69) is 4.74 Å². The molecule has 0 aliphatic carbocycles. The zero-order valence-electron chi connectivity index (χ0n) is 13.5. The average Bonchev–Trinajstić information content (AvgIpc) is 2.60. The minimum absolute atomic E-state index is 0.825. The summed E-state index contributed by atoms with van der Waals surface area (Å²) in [4.78, 5) is 0. The van der Waals surface area contributed by atoms with Crippen molar-refractivity contribution in [2.45, 2.75) is 67.1 Å². The molecule has 0 aromatic rings. The van der Waals surface area contributed by atoms with Crippen LogP contribution in [0.5, 0.6) is 0 Å². The first-order valence-corrected chi connectivity index (χ1v) is 7.79. The van der Waals surface area contributed by atoms with Gasteiger partial charge in [-0.2, -0.15) is 13.2 Å². The molecule has 0 saturated carbocycles. The first-order chi connectivity index (χ1) is 12.4. The number of aliphatic hydroxyl groups is 8. The number of alkyl halides is 3. The van der Waals surface area contributed by atoms with Gasteiger partial charge in [-0.25, -0.2) is 0 Å². The summed E-state index contributed by atoms with van der Waals surface area (Å²) in [6.45, 7) is -2.03. The summed E-state index contributed by atoms with van der Waals surface area (Å²) in [5.74, 6) is -4.20. The number of ether oxygens (including phenoxy) is 3. The number of aliphatic hydroxyl groups excluding tert-OH is 7. The Kier molecular flexibility index (Phi) is 6.71. The molecule has 0 aromatic carbocycles. The van der Waals surface area contributed by atoms with Crippen LogP contribution in [0.15, 0.2) is 0 Å². The zero-order valence-corrected chi connectivity index (χ0v) is 13.5. The Labute approximate surface area is 149 Å². The van der Waals surface area contributed by atoms with Crippen LogP contribution >= 0.6 is 0 Å². The highest BCUT2D eigenvalue weighted by molar-refractivity contribution is 5.01. The lowest BCUT2D eigenvalue weighted by molar-refractivity contribution is -0.448. The van der Waals surface area contributed by atoms with Crippen LogP contribution in [-0.4, -0.2) is 121 Å². The molecule has 2 aliphatic rings. The predicted octanol–water partition coefficient (Wildman–Crippen LogP) is -4.46. The van der Waals surface area contributed by atoms with Crippen molar-refractivity contribution >= 4 is 0 Å². The second kappa shape index (κ2) is 8.00. The van der Waals surface area contributed by atoms with Crippen LogP contribution in [0.4, 0.5) is 13.2 Å². The first-order valence-electron chi connectivity index (χ1n) is 7.79. The van der Waals surface area contributed by atoms with E-state index in [0.717, 1.165) is 0 Å². The van der Waals surface area contributed by atoms with Crippen molar-refractivity contribution < 1.29 is 68.2 Å². The van der Waals surface area contributed by atoms with Crippen molar-refractivity contribution in [3.63, 3.8) is 0 Å². The van der Waals surface area contributed by atoms with Gasteiger partial charge >= 0.3 is 6.18 Å². The maximum absolute atomic E-state index is 13.0. The fourth-order valence-electron chi connectivity index (χ4n) is 2.88. The van der Waals surface area contributed by atoms with E-state index in [1.807, 2.05) is 0 Å². The molecule has 0 amide bonds. The molecule has 2 saturated heterocycles. The van der Waals surface area contributed by atoms with E-state index in [1.54, 1.807) is 0 Å². The van der Waals surface area contributed by atoms with Gasteiger partial charge in [-0.3, -0.25) is 0 Å². The Bertz CT molecular complexity index is 504. The van der Waals surface area contributed by atoms with E-state index in [-0.39, 0.29) is 0 Å². The van der Waals surface area contributed by atoms with Crippen LogP contribution in [0.25, 0.3) is 0 Å². The molecule has 4 unspecified atom stereocenters. The van der Waals surface area contributed by atoms with Crippen molar-refractivity contribution in [2.75, 3.05) is 13.2 Å². The lowest BCUT2D eigenvalue weighted by atomic mass is 9.91. The fraction of sp³-hybridized carbons (Fsp3) is 1.00. The summed E-state index contributed by atoms with van der Waals surface area (Å²) in [7, 11) is 0. The molecule has 2 aliphatic heterocycles. The highest BCUT2D eigenvalue weighted by Crippen LogP contribution is 2.41. The number of halogens is 3. The zero-order chi connectivity index (χ0) is 20.7. The number of hydrogen-bond acceptors (Lipinski definition) is 11. The Hall–Kier alpha value is -0.650. The van der Waals surface area contributed by atoms with Gasteiger partial charge in [-0.15, -0.1) is 0 Å². The van der Waals surface area contributed by atoms with E-state index < -0.39 is 80.3 Å². The van der Waals surface area contributed by atoms with Gasteiger partial charge in [0.2, 0.25) is 0 Å². The molecule has 14 heteroatoms. The smallest absolute Gasteiger partial charge is 0.394 e. The third-order valence-corrected chi connectivity index (χ3v) is 4.48. The van der Waals surface area contributed by atoms with Gasteiger partial charge in [-0.05, 0) is 0 Å². The summed E-state index contributed by atoms with van der Waals surface area (Å²) in [6.07, 6.45) is -23.8. The van der Waals surface area contributed by atoms with Crippen molar-refractivity contribution in [3.8, 4) is 0 Å². The normalized spacial score (nSPS) is 49.2. The fourth-order valence-corrected chi connectivity index (χ4v) is 2.88. The van der Waals surface area contributed by atoms with Crippen LogP contribution in [0.3, 0.4) is 0 Å². The molecule has 2 rings (SSSR count). The second-order valence-corrected chi connectivity index (χ2v) is 6.27. The average molecular weight is 410 g/mol. The largest absolute Gasteiger partial charge is 0.446 e. The predicted molar refractivity (Wildman–Crippen MR) is 73.6 cm³/mol. The second-order valence-electron chi connectivity index (χ2n) is 6.27. The summed E-state index contributed by atoms with van der Waals surface area (Å²) in [5, 5.41) is 76.8.